The zero-order valence-electron chi connectivity index (χ0n) is 9.63. The van der Waals surface area contributed by atoms with Crippen molar-refractivity contribution in [1.82, 2.24) is 4.98 Å². The van der Waals surface area contributed by atoms with Gasteiger partial charge in [0.05, 0.1) is 17.1 Å². The lowest BCUT2D eigenvalue weighted by Crippen LogP contribution is -2.10. The van der Waals surface area contributed by atoms with Crippen LogP contribution in [0.2, 0.25) is 0 Å². The number of aliphatic carboxylic acids is 1. The van der Waals surface area contributed by atoms with Crippen molar-refractivity contribution in [3.63, 3.8) is 0 Å². The SMILES string of the molecule is Cc1nc(C(C)(C)C)sc1CCC(=O)O. The van der Waals surface area contributed by atoms with E-state index in [1.807, 2.05) is 6.92 Å². The number of aromatic nitrogens is 1. The first-order valence-electron chi connectivity index (χ1n) is 4.99. The summed E-state index contributed by atoms with van der Waals surface area (Å²) < 4.78 is 0. The number of aryl methyl sites for hydroxylation is 2. The molecule has 0 atom stereocenters. The molecule has 0 aliphatic carbocycles. The fourth-order valence-electron chi connectivity index (χ4n) is 1.20. The summed E-state index contributed by atoms with van der Waals surface area (Å²) in [6.45, 7) is 8.30. The van der Waals surface area contributed by atoms with Crippen molar-refractivity contribution in [3.05, 3.63) is 15.6 Å². The Kier molecular flexibility index (Phi) is 3.50. The maximum absolute atomic E-state index is 10.5. The molecule has 15 heavy (non-hydrogen) atoms. The summed E-state index contributed by atoms with van der Waals surface area (Å²) in [5, 5.41) is 9.70. The first-order valence-corrected chi connectivity index (χ1v) is 5.81. The minimum Gasteiger partial charge on any atom is -0.481 e. The lowest BCUT2D eigenvalue weighted by Gasteiger charge is -2.13. The molecule has 3 nitrogen and oxygen atoms in total. The molecular formula is C11H17NO2S. The van der Waals surface area contributed by atoms with Crippen LogP contribution < -0.4 is 0 Å². The molecule has 0 saturated carbocycles. The Bertz CT molecular complexity index is 363. The summed E-state index contributed by atoms with van der Waals surface area (Å²) in [5.74, 6) is -0.750. The normalized spacial score (nSPS) is 11.7. The number of nitrogens with zero attached hydrogens (tertiary/aromatic N) is 1. The largest absolute Gasteiger partial charge is 0.481 e. The molecule has 0 amide bonds. The van der Waals surface area contributed by atoms with Crippen molar-refractivity contribution >= 4 is 17.3 Å². The second-order valence-corrected chi connectivity index (χ2v) is 5.75. The van der Waals surface area contributed by atoms with Crippen LogP contribution in [-0.4, -0.2) is 16.1 Å². The zero-order chi connectivity index (χ0) is 11.6. The predicted molar refractivity (Wildman–Crippen MR) is 61.5 cm³/mol. The van der Waals surface area contributed by atoms with Gasteiger partial charge < -0.3 is 5.11 Å². The molecule has 1 aromatic rings. The van der Waals surface area contributed by atoms with Crippen LogP contribution in [0.4, 0.5) is 0 Å². The molecule has 0 bridgehead atoms. The summed E-state index contributed by atoms with van der Waals surface area (Å²) in [4.78, 5) is 16.1. The summed E-state index contributed by atoms with van der Waals surface area (Å²) in [6, 6.07) is 0. The monoisotopic (exact) mass is 227 g/mol. The first kappa shape index (κ1) is 12.2. The van der Waals surface area contributed by atoms with Crippen molar-refractivity contribution < 1.29 is 9.90 Å². The maximum Gasteiger partial charge on any atom is 0.303 e. The Morgan fingerprint density at radius 3 is 2.47 bits per heavy atom. The molecule has 1 N–H and O–H groups in total. The van der Waals surface area contributed by atoms with E-state index in [-0.39, 0.29) is 11.8 Å². The van der Waals surface area contributed by atoms with Gasteiger partial charge in [0.15, 0.2) is 0 Å². The molecule has 0 unspecified atom stereocenters. The van der Waals surface area contributed by atoms with E-state index in [0.29, 0.717) is 6.42 Å². The van der Waals surface area contributed by atoms with Crippen molar-refractivity contribution in [1.29, 1.82) is 0 Å². The van der Waals surface area contributed by atoms with Gasteiger partial charge in [-0.1, -0.05) is 20.8 Å². The number of carbonyl (C=O) groups is 1. The Balaban J connectivity index is 2.82. The van der Waals surface area contributed by atoms with Gasteiger partial charge in [-0.25, -0.2) is 4.98 Å². The van der Waals surface area contributed by atoms with E-state index in [2.05, 4.69) is 25.8 Å². The number of carboxylic acid groups (broad SMARTS) is 1. The number of hydrogen-bond donors (Lipinski definition) is 1. The van der Waals surface area contributed by atoms with Crippen LogP contribution >= 0.6 is 11.3 Å². The summed E-state index contributed by atoms with van der Waals surface area (Å²) in [6.07, 6.45) is 0.779. The Morgan fingerprint density at radius 2 is 2.07 bits per heavy atom. The lowest BCUT2D eigenvalue weighted by molar-refractivity contribution is -0.136. The van der Waals surface area contributed by atoms with E-state index in [9.17, 15) is 4.79 Å². The van der Waals surface area contributed by atoms with Gasteiger partial charge in [-0.3, -0.25) is 4.79 Å². The highest BCUT2D eigenvalue weighted by molar-refractivity contribution is 7.11. The van der Waals surface area contributed by atoms with Crippen LogP contribution in [0.25, 0.3) is 0 Å². The quantitative estimate of drug-likeness (QED) is 0.863. The van der Waals surface area contributed by atoms with E-state index < -0.39 is 5.97 Å². The lowest BCUT2D eigenvalue weighted by atomic mass is 9.98. The number of rotatable bonds is 3. The van der Waals surface area contributed by atoms with Gasteiger partial charge in [0.1, 0.15) is 0 Å². The molecule has 84 valence electrons. The van der Waals surface area contributed by atoms with Crippen LogP contribution in [-0.2, 0) is 16.6 Å². The molecule has 0 fully saturated rings. The van der Waals surface area contributed by atoms with Crippen LogP contribution in [0.5, 0.6) is 0 Å². The van der Waals surface area contributed by atoms with Gasteiger partial charge >= 0.3 is 5.97 Å². The average molecular weight is 227 g/mol. The van der Waals surface area contributed by atoms with E-state index >= 15 is 0 Å². The van der Waals surface area contributed by atoms with E-state index in [1.54, 1.807) is 11.3 Å². The summed E-state index contributed by atoms with van der Waals surface area (Å²) >= 11 is 1.63. The first-order chi connectivity index (χ1) is 6.80. The third-order valence-electron chi connectivity index (χ3n) is 2.10. The zero-order valence-corrected chi connectivity index (χ0v) is 10.4. The van der Waals surface area contributed by atoms with Crippen molar-refractivity contribution in [2.24, 2.45) is 0 Å². The summed E-state index contributed by atoms with van der Waals surface area (Å²) in [7, 11) is 0. The second kappa shape index (κ2) is 4.31. The standard InChI is InChI=1S/C11H17NO2S/c1-7-8(5-6-9(13)14)15-10(12-7)11(2,3)4/h5-6H2,1-4H3,(H,13,14). The molecule has 1 rings (SSSR count). The molecule has 0 aliphatic rings. The van der Waals surface area contributed by atoms with Crippen LogP contribution in [0.3, 0.4) is 0 Å². The smallest absolute Gasteiger partial charge is 0.303 e. The molecule has 1 heterocycles. The molecule has 1 aromatic heterocycles. The third-order valence-corrected chi connectivity index (χ3v) is 3.74. The average Bonchev–Trinajstić information content (AvgIpc) is 2.42. The third kappa shape index (κ3) is 3.30. The van der Waals surface area contributed by atoms with Crippen molar-refractivity contribution in [2.75, 3.05) is 0 Å². The van der Waals surface area contributed by atoms with Crippen LogP contribution in [0, 0.1) is 6.92 Å². The molecule has 0 aromatic carbocycles. The van der Waals surface area contributed by atoms with E-state index in [1.165, 1.54) is 0 Å². The summed E-state index contributed by atoms with van der Waals surface area (Å²) in [5.41, 5.74) is 1.03. The number of carboxylic acids is 1. The Hall–Kier alpha value is -0.900. The minimum atomic E-state index is -0.750. The highest BCUT2D eigenvalue weighted by Gasteiger charge is 2.20. The van der Waals surface area contributed by atoms with E-state index in [0.717, 1.165) is 15.6 Å². The molecule has 0 saturated heterocycles. The highest BCUT2D eigenvalue weighted by Crippen LogP contribution is 2.29. The van der Waals surface area contributed by atoms with E-state index in [4.69, 9.17) is 5.11 Å². The fourth-order valence-corrected chi connectivity index (χ4v) is 2.32. The molecule has 0 radical (unpaired) electrons. The molecule has 0 spiro atoms. The topological polar surface area (TPSA) is 50.2 Å². The maximum atomic E-state index is 10.5. The van der Waals surface area contributed by atoms with Gasteiger partial charge in [0.25, 0.3) is 0 Å². The molecule has 0 aliphatic heterocycles. The Labute approximate surface area is 94.2 Å². The number of hydrogen-bond acceptors (Lipinski definition) is 3. The van der Waals surface area contributed by atoms with Gasteiger partial charge in [0, 0.05) is 10.3 Å². The number of thiazole rings is 1. The second-order valence-electron chi connectivity index (χ2n) is 4.67. The van der Waals surface area contributed by atoms with Crippen LogP contribution in [0.15, 0.2) is 0 Å². The van der Waals surface area contributed by atoms with Crippen molar-refractivity contribution in [2.45, 2.75) is 46.0 Å². The molecular weight excluding hydrogens is 210 g/mol. The minimum absolute atomic E-state index is 0.0525. The Morgan fingerprint density at radius 1 is 1.47 bits per heavy atom. The van der Waals surface area contributed by atoms with Gasteiger partial charge in [-0.2, -0.15) is 0 Å². The fraction of sp³-hybridized carbons (Fsp3) is 0.636. The molecule has 4 heteroatoms. The van der Waals surface area contributed by atoms with Gasteiger partial charge in [0.2, 0.25) is 0 Å². The van der Waals surface area contributed by atoms with Crippen LogP contribution in [0.1, 0.15) is 42.8 Å². The van der Waals surface area contributed by atoms with Gasteiger partial charge in [-0.15, -0.1) is 11.3 Å². The highest BCUT2D eigenvalue weighted by atomic mass is 32.1. The van der Waals surface area contributed by atoms with Gasteiger partial charge in [-0.05, 0) is 13.3 Å². The van der Waals surface area contributed by atoms with Crippen molar-refractivity contribution in [3.8, 4) is 0 Å². The predicted octanol–water partition coefficient (Wildman–Crippen LogP) is 2.77.